The van der Waals surface area contributed by atoms with Crippen LogP contribution in [0.3, 0.4) is 0 Å². The summed E-state index contributed by atoms with van der Waals surface area (Å²) in [5.74, 6) is -0.440. The van der Waals surface area contributed by atoms with Crippen LogP contribution in [0.5, 0.6) is 0 Å². The van der Waals surface area contributed by atoms with Gasteiger partial charge in [-0.15, -0.1) is 0 Å². The molecular weight excluding hydrogens is 263 g/mol. The minimum Gasteiger partial charge on any atom is -0.379 e. The number of rotatable bonds is 1. The molecule has 0 aliphatic carbocycles. The first-order chi connectivity index (χ1) is 8.16. The van der Waals surface area contributed by atoms with E-state index in [1.165, 1.54) is 6.07 Å². The lowest BCUT2D eigenvalue weighted by Gasteiger charge is -2.11. The average molecular weight is 273 g/mol. The SMILES string of the molecule is Fc1cc2[nH]c(=S)n(C3CCOC3)c2cc1Cl. The number of H-pyrrole nitrogens is 1. The van der Waals surface area contributed by atoms with E-state index in [0.29, 0.717) is 16.9 Å². The molecule has 1 N–H and O–H groups in total. The van der Waals surface area contributed by atoms with Gasteiger partial charge in [-0.3, -0.25) is 0 Å². The first kappa shape index (κ1) is 11.2. The van der Waals surface area contributed by atoms with Gasteiger partial charge in [0, 0.05) is 12.7 Å². The summed E-state index contributed by atoms with van der Waals surface area (Å²) in [5, 5.41) is 0.110. The number of fused-ring (bicyclic) bond motifs is 1. The van der Waals surface area contributed by atoms with Crippen molar-refractivity contribution in [2.45, 2.75) is 12.5 Å². The zero-order valence-corrected chi connectivity index (χ0v) is 10.4. The second kappa shape index (κ2) is 4.08. The summed E-state index contributed by atoms with van der Waals surface area (Å²) in [6, 6.07) is 3.19. The molecule has 1 aliphatic heterocycles. The van der Waals surface area contributed by atoms with E-state index in [4.69, 9.17) is 28.6 Å². The summed E-state index contributed by atoms with van der Waals surface area (Å²) >= 11 is 11.1. The van der Waals surface area contributed by atoms with E-state index in [-0.39, 0.29) is 11.1 Å². The van der Waals surface area contributed by atoms with E-state index < -0.39 is 5.82 Å². The largest absolute Gasteiger partial charge is 0.379 e. The second-order valence-corrected chi connectivity index (χ2v) is 4.89. The Hall–Kier alpha value is -0.910. The van der Waals surface area contributed by atoms with Crippen molar-refractivity contribution in [2.75, 3.05) is 13.2 Å². The lowest BCUT2D eigenvalue weighted by atomic mass is 10.2. The minimum absolute atomic E-state index is 0.110. The van der Waals surface area contributed by atoms with E-state index in [9.17, 15) is 4.39 Å². The highest BCUT2D eigenvalue weighted by atomic mass is 35.5. The predicted octanol–water partition coefficient (Wildman–Crippen LogP) is 3.45. The summed E-state index contributed by atoms with van der Waals surface area (Å²) in [6.07, 6.45) is 0.913. The number of hydrogen-bond acceptors (Lipinski definition) is 2. The van der Waals surface area contributed by atoms with E-state index in [1.54, 1.807) is 6.07 Å². The quantitative estimate of drug-likeness (QED) is 0.806. The number of nitrogens with one attached hydrogen (secondary N) is 1. The van der Waals surface area contributed by atoms with Crippen LogP contribution in [0.1, 0.15) is 12.5 Å². The Labute approximate surface area is 107 Å². The van der Waals surface area contributed by atoms with Gasteiger partial charge in [0.15, 0.2) is 4.77 Å². The van der Waals surface area contributed by atoms with Gasteiger partial charge in [0.1, 0.15) is 5.82 Å². The molecular formula is C11H10ClFN2OS. The molecule has 6 heteroatoms. The molecule has 0 amide bonds. The molecule has 17 heavy (non-hydrogen) atoms. The highest BCUT2D eigenvalue weighted by Gasteiger charge is 2.21. The van der Waals surface area contributed by atoms with Crippen molar-refractivity contribution in [1.29, 1.82) is 0 Å². The average Bonchev–Trinajstić information content (AvgIpc) is 2.86. The van der Waals surface area contributed by atoms with Crippen LogP contribution in [0, 0.1) is 10.6 Å². The van der Waals surface area contributed by atoms with Gasteiger partial charge in [-0.05, 0) is 24.7 Å². The first-order valence-electron chi connectivity index (χ1n) is 5.34. The van der Waals surface area contributed by atoms with Gasteiger partial charge in [-0.25, -0.2) is 4.39 Å². The molecule has 0 spiro atoms. The van der Waals surface area contributed by atoms with Crippen LogP contribution >= 0.6 is 23.8 Å². The highest BCUT2D eigenvalue weighted by molar-refractivity contribution is 7.71. The Bertz CT molecular complexity index is 630. The van der Waals surface area contributed by atoms with Gasteiger partial charge in [0.2, 0.25) is 0 Å². The van der Waals surface area contributed by atoms with Crippen LogP contribution in [0.4, 0.5) is 4.39 Å². The Balaban J connectivity index is 2.26. The number of aromatic amines is 1. The van der Waals surface area contributed by atoms with E-state index >= 15 is 0 Å². The van der Waals surface area contributed by atoms with Crippen molar-refractivity contribution in [3.63, 3.8) is 0 Å². The van der Waals surface area contributed by atoms with Gasteiger partial charge in [-0.2, -0.15) is 0 Å². The lowest BCUT2D eigenvalue weighted by Crippen LogP contribution is -2.08. The minimum atomic E-state index is -0.440. The first-order valence-corrected chi connectivity index (χ1v) is 6.12. The molecule has 0 saturated carbocycles. The molecule has 0 radical (unpaired) electrons. The molecule has 90 valence electrons. The maximum Gasteiger partial charge on any atom is 0.178 e. The van der Waals surface area contributed by atoms with Crippen LogP contribution < -0.4 is 0 Å². The third-order valence-corrected chi connectivity index (χ3v) is 3.62. The molecule has 2 heterocycles. The van der Waals surface area contributed by atoms with E-state index in [2.05, 4.69) is 4.98 Å². The normalized spacial score (nSPS) is 20.2. The zero-order valence-electron chi connectivity index (χ0n) is 8.87. The van der Waals surface area contributed by atoms with Gasteiger partial charge < -0.3 is 14.3 Å². The zero-order chi connectivity index (χ0) is 12.0. The van der Waals surface area contributed by atoms with E-state index in [0.717, 1.165) is 18.5 Å². The van der Waals surface area contributed by atoms with Gasteiger partial charge in [-0.1, -0.05) is 11.6 Å². The molecule has 2 aromatic rings. The number of benzene rings is 1. The topological polar surface area (TPSA) is 29.9 Å². The molecule has 1 aliphatic rings. The highest BCUT2D eigenvalue weighted by Crippen LogP contribution is 2.28. The lowest BCUT2D eigenvalue weighted by molar-refractivity contribution is 0.187. The fourth-order valence-electron chi connectivity index (χ4n) is 2.21. The van der Waals surface area contributed by atoms with Crippen molar-refractivity contribution in [1.82, 2.24) is 9.55 Å². The maximum absolute atomic E-state index is 13.3. The molecule has 1 saturated heterocycles. The number of imidazole rings is 1. The molecule has 1 unspecified atom stereocenters. The van der Waals surface area contributed by atoms with Crippen LogP contribution in [-0.2, 0) is 4.74 Å². The number of halogens is 2. The Kier molecular flexibility index (Phi) is 2.69. The maximum atomic E-state index is 13.3. The van der Waals surface area contributed by atoms with Crippen molar-refractivity contribution in [3.05, 3.63) is 27.7 Å². The summed E-state index contributed by atoms with van der Waals surface area (Å²) in [4.78, 5) is 3.00. The predicted molar refractivity (Wildman–Crippen MR) is 66.6 cm³/mol. The van der Waals surface area contributed by atoms with Crippen LogP contribution in [0.2, 0.25) is 5.02 Å². The Morgan fingerprint density at radius 3 is 3.06 bits per heavy atom. The summed E-state index contributed by atoms with van der Waals surface area (Å²) in [7, 11) is 0. The smallest absolute Gasteiger partial charge is 0.178 e. The fourth-order valence-corrected chi connectivity index (χ4v) is 2.72. The van der Waals surface area contributed by atoms with Gasteiger partial charge >= 0.3 is 0 Å². The summed E-state index contributed by atoms with van der Waals surface area (Å²) in [6.45, 7) is 1.37. The van der Waals surface area contributed by atoms with Gasteiger partial charge in [0.25, 0.3) is 0 Å². The Morgan fingerprint density at radius 2 is 2.35 bits per heavy atom. The fraction of sp³-hybridized carbons (Fsp3) is 0.364. The molecule has 3 rings (SSSR count). The summed E-state index contributed by atoms with van der Waals surface area (Å²) < 4.78 is 21.2. The standard InChI is InChI=1S/C11H10ClFN2OS/c12-7-3-10-9(4-8(7)13)14-11(17)15(10)6-1-2-16-5-6/h3-4,6H,1-2,5H2,(H,14,17). The van der Waals surface area contributed by atoms with Crippen molar-refractivity contribution in [3.8, 4) is 0 Å². The Morgan fingerprint density at radius 1 is 1.53 bits per heavy atom. The van der Waals surface area contributed by atoms with Crippen LogP contribution in [0.15, 0.2) is 12.1 Å². The molecule has 3 nitrogen and oxygen atoms in total. The number of ether oxygens (including phenoxy) is 1. The molecule has 1 fully saturated rings. The third-order valence-electron chi connectivity index (χ3n) is 3.03. The van der Waals surface area contributed by atoms with Crippen molar-refractivity contribution < 1.29 is 9.13 Å². The van der Waals surface area contributed by atoms with Crippen LogP contribution in [-0.4, -0.2) is 22.8 Å². The van der Waals surface area contributed by atoms with Crippen molar-refractivity contribution in [2.24, 2.45) is 0 Å². The van der Waals surface area contributed by atoms with Gasteiger partial charge in [0.05, 0.1) is 28.7 Å². The monoisotopic (exact) mass is 272 g/mol. The summed E-state index contributed by atoms with van der Waals surface area (Å²) in [5.41, 5.74) is 1.50. The molecule has 1 aromatic heterocycles. The molecule has 0 bridgehead atoms. The number of nitrogens with zero attached hydrogens (tertiary/aromatic N) is 1. The molecule has 1 atom stereocenters. The number of hydrogen-bond donors (Lipinski definition) is 1. The second-order valence-electron chi connectivity index (χ2n) is 4.10. The van der Waals surface area contributed by atoms with Crippen LogP contribution in [0.25, 0.3) is 11.0 Å². The van der Waals surface area contributed by atoms with Crippen molar-refractivity contribution >= 4 is 34.9 Å². The number of aromatic nitrogens is 2. The van der Waals surface area contributed by atoms with E-state index in [1.807, 2.05) is 4.57 Å². The third kappa shape index (κ3) is 1.78. The molecule has 1 aromatic carbocycles.